The van der Waals surface area contributed by atoms with E-state index in [1.165, 1.54) is 25.7 Å². The van der Waals surface area contributed by atoms with E-state index in [0.29, 0.717) is 12.6 Å². The Morgan fingerprint density at radius 2 is 2.06 bits per heavy atom. The normalized spacial score (nSPS) is 23.6. The van der Waals surface area contributed by atoms with E-state index in [1.54, 1.807) is 0 Å². The van der Waals surface area contributed by atoms with Crippen molar-refractivity contribution in [2.75, 3.05) is 11.9 Å². The monoisotopic (exact) mass is 246 g/mol. The molecule has 1 aromatic rings. The molecule has 2 rings (SSSR count). The van der Waals surface area contributed by atoms with E-state index in [0.717, 1.165) is 11.6 Å². The molecule has 1 aliphatic carbocycles. The highest BCUT2D eigenvalue weighted by Gasteiger charge is 2.18. The SMILES string of the molecule is C[C@H]1CCC[C@@H](NCC(=O)Nc2ccccc2)C1. The summed E-state index contributed by atoms with van der Waals surface area (Å²) in [7, 11) is 0. The molecule has 1 fully saturated rings. The van der Waals surface area contributed by atoms with E-state index in [2.05, 4.69) is 17.6 Å². The molecule has 0 heterocycles. The van der Waals surface area contributed by atoms with Gasteiger partial charge < -0.3 is 10.6 Å². The van der Waals surface area contributed by atoms with Crippen molar-refractivity contribution in [3.05, 3.63) is 30.3 Å². The first kappa shape index (κ1) is 13.1. The number of benzene rings is 1. The van der Waals surface area contributed by atoms with Crippen molar-refractivity contribution in [1.29, 1.82) is 0 Å². The maximum atomic E-state index is 11.8. The second kappa shape index (κ2) is 6.55. The maximum Gasteiger partial charge on any atom is 0.238 e. The van der Waals surface area contributed by atoms with E-state index in [9.17, 15) is 4.79 Å². The smallest absolute Gasteiger partial charge is 0.238 e. The first-order chi connectivity index (χ1) is 8.74. The second-order valence-corrected chi connectivity index (χ2v) is 5.26. The van der Waals surface area contributed by atoms with Crippen molar-refractivity contribution < 1.29 is 4.79 Å². The van der Waals surface area contributed by atoms with Crippen LogP contribution in [-0.4, -0.2) is 18.5 Å². The molecule has 0 unspecified atom stereocenters. The van der Waals surface area contributed by atoms with Crippen LogP contribution in [0.1, 0.15) is 32.6 Å². The van der Waals surface area contributed by atoms with Gasteiger partial charge in [0.2, 0.25) is 5.91 Å². The predicted octanol–water partition coefficient (Wildman–Crippen LogP) is 2.79. The molecule has 18 heavy (non-hydrogen) atoms. The van der Waals surface area contributed by atoms with Crippen molar-refractivity contribution in [3.63, 3.8) is 0 Å². The lowest BCUT2D eigenvalue weighted by Gasteiger charge is -2.27. The van der Waals surface area contributed by atoms with Gasteiger partial charge in [-0.25, -0.2) is 0 Å². The van der Waals surface area contributed by atoms with Gasteiger partial charge in [-0.05, 0) is 30.9 Å². The van der Waals surface area contributed by atoms with Crippen LogP contribution >= 0.6 is 0 Å². The number of carbonyl (C=O) groups is 1. The van der Waals surface area contributed by atoms with Crippen molar-refractivity contribution in [1.82, 2.24) is 5.32 Å². The third-order valence-electron chi connectivity index (χ3n) is 3.55. The van der Waals surface area contributed by atoms with E-state index in [4.69, 9.17) is 0 Å². The van der Waals surface area contributed by atoms with E-state index >= 15 is 0 Å². The summed E-state index contributed by atoms with van der Waals surface area (Å²) in [5, 5.41) is 6.25. The summed E-state index contributed by atoms with van der Waals surface area (Å²) in [6.07, 6.45) is 5.00. The summed E-state index contributed by atoms with van der Waals surface area (Å²) in [4.78, 5) is 11.8. The van der Waals surface area contributed by atoms with Crippen molar-refractivity contribution in [2.24, 2.45) is 5.92 Å². The Balaban J connectivity index is 1.71. The topological polar surface area (TPSA) is 41.1 Å². The molecule has 3 nitrogen and oxygen atoms in total. The molecule has 0 spiro atoms. The Morgan fingerprint density at radius 1 is 1.28 bits per heavy atom. The minimum atomic E-state index is 0.0411. The van der Waals surface area contributed by atoms with Crippen LogP contribution in [0.2, 0.25) is 0 Å². The molecular weight excluding hydrogens is 224 g/mol. The zero-order valence-corrected chi connectivity index (χ0v) is 11.0. The zero-order chi connectivity index (χ0) is 12.8. The van der Waals surface area contributed by atoms with Crippen LogP contribution in [0.15, 0.2) is 30.3 Å². The average Bonchev–Trinajstić information content (AvgIpc) is 2.38. The van der Waals surface area contributed by atoms with Gasteiger partial charge in [-0.3, -0.25) is 4.79 Å². The predicted molar refractivity (Wildman–Crippen MR) is 74.5 cm³/mol. The first-order valence-corrected chi connectivity index (χ1v) is 6.82. The molecular formula is C15H22N2O. The Morgan fingerprint density at radius 3 is 2.78 bits per heavy atom. The summed E-state index contributed by atoms with van der Waals surface area (Å²) in [6.45, 7) is 2.70. The van der Waals surface area contributed by atoms with Crippen molar-refractivity contribution >= 4 is 11.6 Å². The molecule has 1 aliphatic rings. The average molecular weight is 246 g/mol. The van der Waals surface area contributed by atoms with Gasteiger partial charge in [0.05, 0.1) is 6.54 Å². The minimum Gasteiger partial charge on any atom is -0.325 e. The number of rotatable bonds is 4. The molecule has 1 aromatic carbocycles. The van der Waals surface area contributed by atoms with Gasteiger partial charge in [-0.15, -0.1) is 0 Å². The van der Waals surface area contributed by atoms with Crippen LogP contribution in [0.3, 0.4) is 0 Å². The number of carbonyl (C=O) groups excluding carboxylic acids is 1. The standard InChI is InChI=1S/C15H22N2O/c1-12-6-5-9-14(10-12)16-11-15(18)17-13-7-3-2-4-8-13/h2-4,7-8,12,14,16H,5-6,9-11H2,1H3,(H,17,18)/t12-,14+/m0/s1. The van der Waals surface area contributed by atoms with Gasteiger partial charge >= 0.3 is 0 Å². The Labute approximate surface area is 109 Å². The Hall–Kier alpha value is -1.35. The van der Waals surface area contributed by atoms with E-state index in [-0.39, 0.29) is 5.91 Å². The van der Waals surface area contributed by atoms with Gasteiger partial charge in [-0.2, -0.15) is 0 Å². The summed E-state index contributed by atoms with van der Waals surface area (Å²) in [6, 6.07) is 10.1. The fraction of sp³-hybridized carbons (Fsp3) is 0.533. The highest BCUT2D eigenvalue weighted by atomic mass is 16.1. The van der Waals surface area contributed by atoms with Crippen molar-refractivity contribution in [2.45, 2.75) is 38.6 Å². The van der Waals surface area contributed by atoms with Crippen LogP contribution < -0.4 is 10.6 Å². The highest BCUT2D eigenvalue weighted by molar-refractivity contribution is 5.92. The van der Waals surface area contributed by atoms with Crippen LogP contribution in [0, 0.1) is 5.92 Å². The molecule has 0 bridgehead atoms. The molecule has 1 amide bonds. The lowest BCUT2D eigenvalue weighted by molar-refractivity contribution is -0.115. The van der Waals surface area contributed by atoms with Crippen LogP contribution in [0.25, 0.3) is 0 Å². The molecule has 0 saturated heterocycles. The Bertz CT molecular complexity index is 377. The van der Waals surface area contributed by atoms with Gasteiger partial charge in [0, 0.05) is 11.7 Å². The number of amides is 1. The molecule has 0 aliphatic heterocycles. The van der Waals surface area contributed by atoms with Crippen LogP contribution in [0.5, 0.6) is 0 Å². The largest absolute Gasteiger partial charge is 0.325 e. The third-order valence-corrected chi connectivity index (χ3v) is 3.55. The molecule has 2 N–H and O–H groups in total. The minimum absolute atomic E-state index is 0.0411. The summed E-state index contributed by atoms with van der Waals surface area (Å²) in [5.74, 6) is 0.827. The lowest BCUT2D eigenvalue weighted by atomic mass is 9.87. The van der Waals surface area contributed by atoms with Crippen molar-refractivity contribution in [3.8, 4) is 0 Å². The summed E-state index contributed by atoms with van der Waals surface area (Å²) < 4.78 is 0. The number of hydrogen-bond donors (Lipinski definition) is 2. The van der Waals surface area contributed by atoms with E-state index < -0.39 is 0 Å². The zero-order valence-electron chi connectivity index (χ0n) is 11.0. The lowest BCUT2D eigenvalue weighted by Crippen LogP contribution is -2.38. The number of hydrogen-bond acceptors (Lipinski definition) is 2. The van der Waals surface area contributed by atoms with Crippen LogP contribution in [-0.2, 0) is 4.79 Å². The number of para-hydroxylation sites is 1. The Kier molecular flexibility index (Phi) is 4.76. The molecule has 1 saturated carbocycles. The quantitative estimate of drug-likeness (QED) is 0.857. The van der Waals surface area contributed by atoms with Gasteiger partial charge in [-0.1, -0.05) is 38.0 Å². The van der Waals surface area contributed by atoms with Gasteiger partial charge in [0.25, 0.3) is 0 Å². The fourth-order valence-electron chi connectivity index (χ4n) is 2.58. The van der Waals surface area contributed by atoms with E-state index in [1.807, 2.05) is 30.3 Å². The first-order valence-electron chi connectivity index (χ1n) is 6.82. The third kappa shape index (κ3) is 4.15. The molecule has 2 atom stereocenters. The maximum absolute atomic E-state index is 11.8. The number of anilines is 1. The molecule has 0 aromatic heterocycles. The van der Waals surface area contributed by atoms with Gasteiger partial charge in [0.15, 0.2) is 0 Å². The molecule has 98 valence electrons. The second-order valence-electron chi connectivity index (χ2n) is 5.26. The van der Waals surface area contributed by atoms with Gasteiger partial charge in [0.1, 0.15) is 0 Å². The fourth-order valence-corrected chi connectivity index (χ4v) is 2.58. The number of nitrogens with one attached hydrogen (secondary N) is 2. The summed E-state index contributed by atoms with van der Waals surface area (Å²) in [5.41, 5.74) is 0.862. The van der Waals surface area contributed by atoms with Crippen LogP contribution in [0.4, 0.5) is 5.69 Å². The highest BCUT2D eigenvalue weighted by Crippen LogP contribution is 2.23. The summed E-state index contributed by atoms with van der Waals surface area (Å²) >= 11 is 0. The molecule has 0 radical (unpaired) electrons. The molecule has 3 heteroatoms.